The van der Waals surface area contributed by atoms with Crippen molar-refractivity contribution in [3.05, 3.63) is 35.5 Å². The van der Waals surface area contributed by atoms with Gasteiger partial charge in [-0.3, -0.25) is 14.7 Å². The summed E-state index contributed by atoms with van der Waals surface area (Å²) < 4.78 is 0. The van der Waals surface area contributed by atoms with Crippen LogP contribution in [0.25, 0.3) is 10.9 Å². The monoisotopic (exact) mass is 411 g/mol. The van der Waals surface area contributed by atoms with Crippen LogP contribution >= 0.6 is 0 Å². The van der Waals surface area contributed by atoms with E-state index in [-0.39, 0.29) is 5.91 Å². The number of unbranched alkanes of at least 4 members (excludes halogenated alkanes) is 4. The Morgan fingerprint density at radius 3 is 2.20 bits per heavy atom. The third kappa shape index (κ3) is 7.09. The normalized spacial score (nSPS) is 11.4. The number of hydrogen-bond acceptors (Lipinski definition) is 3. The van der Waals surface area contributed by atoms with Crippen molar-refractivity contribution in [2.75, 3.05) is 25.0 Å². The molecule has 0 atom stereocenters. The number of amides is 1. The van der Waals surface area contributed by atoms with Gasteiger partial charge in [0.2, 0.25) is 5.91 Å². The van der Waals surface area contributed by atoms with Gasteiger partial charge in [0.25, 0.3) is 0 Å². The van der Waals surface area contributed by atoms with Crippen molar-refractivity contribution in [2.24, 2.45) is 0 Å². The molecule has 0 saturated carbocycles. The van der Waals surface area contributed by atoms with E-state index in [0.29, 0.717) is 6.54 Å². The first kappa shape index (κ1) is 24.3. The molecule has 2 aromatic rings. The number of hydrogen-bond donors (Lipinski definition) is 1. The average Bonchev–Trinajstić information content (AvgIpc) is 2.74. The molecule has 30 heavy (non-hydrogen) atoms. The van der Waals surface area contributed by atoms with Crippen LogP contribution in [0.4, 0.5) is 5.69 Å². The Morgan fingerprint density at radius 1 is 0.933 bits per heavy atom. The van der Waals surface area contributed by atoms with E-state index in [4.69, 9.17) is 4.98 Å². The van der Waals surface area contributed by atoms with E-state index < -0.39 is 0 Å². The number of rotatable bonds is 14. The molecule has 166 valence electrons. The molecule has 0 aliphatic heterocycles. The summed E-state index contributed by atoms with van der Waals surface area (Å²) in [5.74, 6) is 0.0940. The average molecular weight is 412 g/mol. The molecule has 0 aliphatic rings. The van der Waals surface area contributed by atoms with Gasteiger partial charge in [-0.1, -0.05) is 78.0 Å². The van der Waals surface area contributed by atoms with Gasteiger partial charge in [0, 0.05) is 11.1 Å². The highest BCUT2D eigenvalue weighted by atomic mass is 16.2. The Morgan fingerprint density at radius 2 is 1.60 bits per heavy atom. The molecule has 4 nitrogen and oxygen atoms in total. The van der Waals surface area contributed by atoms with Crippen molar-refractivity contribution in [3.8, 4) is 0 Å². The number of fused-ring (bicyclic) bond motifs is 1. The molecule has 1 N–H and O–H groups in total. The Kier molecular flexibility index (Phi) is 10.9. The number of para-hydroxylation sites is 1. The molecule has 0 spiro atoms. The summed E-state index contributed by atoms with van der Waals surface area (Å²) >= 11 is 0. The molecule has 1 heterocycles. The van der Waals surface area contributed by atoms with Crippen LogP contribution in [-0.2, 0) is 17.6 Å². The molecule has 0 saturated heterocycles. The summed E-state index contributed by atoms with van der Waals surface area (Å²) in [6.07, 6.45) is 10.0. The number of benzene rings is 1. The van der Waals surface area contributed by atoms with E-state index in [1.165, 1.54) is 31.2 Å². The van der Waals surface area contributed by atoms with Gasteiger partial charge in [0.05, 0.1) is 17.7 Å². The molecule has 2 rings (SSSR count). The van der Waals surface area contributed by atoms with E-state index in [1.54, 1.807) is 0 Å². The minimum atomic E-state index is 0.0940. The SMILES string of the molecule is CCCCCN(CCCCC)CC(=O)Nc1c(CC)c(CCC)nc2ccccc12. The van der Waals surface area contributed by atoms with Crippen molar-refractivity contribution < 1.29 is 4.79 Å². The third-order valence-corrected chi connectivity index (χ3v) is 5.71. The minimum Gasteiger partial charge on any atom is -0.324 e. The lowest BCUT2D eigenvalue weighted by Gasteiger charge is -2.23. The van der Waals surface area contributed by atoms with E-state index >= 15 is 0 Å². The summed E-state index contributed by atoms with van der Waals surface area (Å²) in [4.78, 5) is 20.3. The molecule has 0 bridgehead atoms. The second-order valence-corrected chi connectivity index (χ2v) is 8.27. The first-order chi connectivity index (χ1) is 14.6. The van der Waals surface area contributed by atoms with E-state index in [2.05, 4.69) is 44.0 Å². The Bertz CT molecular complexity index is 777. The largest absolute Gasteiger partial charge is 0.324 e. The van der Waals surface area contributed by atoms with Crippen LogP contribution < -0.4 is 5.32 Å². The summed E-state index contributed by atoms with van der Waals surface area (Å²) in [7, 11) is 0. The zero-order valence-corrected chi connectivity index (χ0v) is 19.6. The van der Waals surface area contributed by atoms with Gasteiger partial charge in [-0.15, -0.1) is 0 Å². The zero-order chi connectivity index (χ0) is 21.8. The molecule has 1 amide bonds. The van der Waals surface area contributed by atoms with Gasteiger partial charge in [-0.05, 0) is 50.4 Å². The number of pyridine rings is 1. The zero-order valence-electron chi connectivity index (χ0n) is 19.6. The lowest BCUT2D eigenvalue weighted by Crippen LogP contribution is -2.35. The van der Waals surface area contributed by atoms with Crippen LogP contribution in [0.5, 0.6) is 0 Å². The number of nitrogens with zero attached hydrogens (tertiary/aromatic N) is 2. The van der Waals surface area contributed by atoms with Gasteiger partial charge in [0.15, 0.2) is 0 Å². The second-order valence-electron chi connectivity index (χ2n) is 8.27. The van der Waals surface area contributed by atoms with Gasteiger partial charge in [-0.25, -0.2) is 0 Å². The van der Waals surface area contributed by atoms with Gasteiger partial charge < -0.3 is 5.32 Å². The van der Waals surface area contributed by atoms with Crippen LogP contribution in [0, 0.1) is 0 Å². The number of anilines is 1. The standard InChI is InChI=1S/C26H41N3O/c1-5-9-13-18-29(19-14-10-6-2)20-25(30)28-26-21(8-4)23(15-7-3)27-24-17-12-11-16-22(24)26/h11-12,16-17H,5-10,13-15,18-20H2,1-4H3,(H,27,28,30). The number of aryl methyl sites for hydroxylation is 1. The maximum atomic E-state index is 13.1. The quantitative estimate of drug-likeness (QED) is 0.367. The lowest BCUT2D eigenvalue weighted by atomic mass is 10.0. The molecule has 1 aromatic carbocycles. The minimum absolute atomic E-state index is 0.0940. The van der Waals surface area contributed by atoms with Gasteiger partial charge in [-0.2, -0.15) is 0 Å². The highest BCUT2D eigenvalue weighted by molar-refractivity contribution is 6.03. The molecule has 0 fully saturated rings. The maximum Gasteiger partial charge on any atom is 0.238 e. The van der Waals surface area contributed by atoms with Crippen LogP contribution in [0.1, 0.15) is 83.9 Å². The van der Waals surface area contributed by atoms with Gasteiger partial charge in [0.1, 0.15) is 0 Å². The van der Waals surface area contributed by atoms with E-state index in [0.717, 1.165) is 67.5 Å². The van der Waals surface area contributed by atoms with E-state index in [9.17, 15) is 4.79 Å². The first-order valence-corrected chi connectivity index (χ1v) is 12.1. The molecular weight excluding hydrogens is 370 g/mol. The van der Waals surface area contributed by atoms with E-state index in [1.807, 2.05) is 18.2 Å². The number of carbonyl (C=O) groups excluding carboxylic acids is 1. The smallest absolute Gasteiger partial charge is 0.238 e. The summed E-state index contributed by atoms with van der Waals surface area (Å²) in [5.41, 5.74) is 4.25. The maximum absolute atomic E-state index is 13.1. The molecule has 1 aromatic heterocycles. The van der Waals surface area contributed by atoms with Crippen LogP contribution in [0.15, 0.2) is 24.3 Å². The third-order valence-electron chi connectivity index (χ3n) is 5.71. The van der Waals surface area contributed by atoms with Crippen molar-refractivity contribution in [1.29, 1.82) is 0 Å². The second kappa shape index (κ2) is 13.4. The molecule has 0 radical (unpaired) electrons. The van der Waals surface area contributed by atoms with Crippen LogP contribution in [-0.4, -0.2) is 35.4 Å². The van der Waals surface area contributed by atoms with Crippen molar-refractivity contribution >= 4 is 22.5 Å². The molecule has 4 heteroatoms. The highest BCUT2D eigenvalue weighted by Gasteiger charge is 2.17. The number of carbonyl (C=O) groups is 1. The summed E-state index contributed by atoms with van der Waals surface area (Å²) in [5, 5.41) is 4.34. The van der Waals surface area contributed by atoms with Gasteiger partial charge >= 0.3 is 0 Å². The molecule has 0 unspecified atom stereocenters. The van der Waals surface area contributed by atoms with Crippen LogP contribution in [0.3, 0.4) is 0 Å². The Labute approximate surface area is 183 Å². The fourth-order valence-electron chi connectivity index (χ4n) is 4.09. The first-order valence-electron chi connectivity index (χ1n) is 12.1. The van der Waals surface area contributed by atoms with Crippen molar-refractivity contribution in [1.82, 2.24) is 9.88 Å². The fourth-order valence-corrected chi connectivity index (χ4v) is 4.09. The fraction of sp³-hybridized carbons (Fsp3) is 0.615. The lowest BCUT2D eigenvalue weighted by molar-refractivity contribution is -0.117. The topological polar surface area (TPSA) is 45.2 Å². The molecule has 0 aliphatic carbocycles. The van der Waals surface area contributed by atoms with Crippen molar-refractivity contribution in [3.63, 3.8) is 0 Å². The van der Waals surface area contributed by atoms with Crippen LogP contribution in [0.2, 0.25) is 0 Å². The molecular formula is C26H41N3O. The Balaban J connectivity index is 2.22. The highest BCUT2D eigenvalue weighted by Crippen LogP contribution is 2.30. The predicted octanol–water partition coefficient (Wildman–Crippen LogP) is 6.37. The number of aromatic nitrogens is 1. The number of nitrogens with one attached hydrogen (secondary N) is 1. The predicted molar refractivity (Wildman–Crippen MR) is 129 cm³/mol. The summed E-state index contributed by atoms with van der Waals surface area (Å²) in [6, 6.07) is 8.17. The Hall–Kier alpha value is -1.94. The summed E-state index contributed by atoms with van der Waals surface area (Å²) in [6.45, 7) is 11.3. The van der Waals surface area contributed by atoms with Crippen molar-refractivity contribution in [2.45, 2.75) is 85.5 Å².